The highest BCUT2D eigenvalue weighted by Gasteiger charge is 2.11. The van der Waals surface area contributed by atoms with Crippen molar-refractivity contribution in [3.63, 3.8) is 0 Å². The molecule has 9 nitrogen and oxygen atoms in total. The molecular weight excluding hydrogens is 378 g/mol. The Morgan fingerprint density at radius 3 is 2.45 bits per heavy atom. The number of aromatic nitrogens is 3. The lowest BCUT2D eigenvalue weighted by atomic mass is 10.1. The van der Waals surface area contributed by atoms with Crippen LogP contribution in [0.3, 0.4) is 0 Å². The fourth-order valence-electron chi connectivity index (χ4n) is 2.62. The Morgan fingerprint density at radius 1 is 1.03 bits per heavy atom. The topological polar surface area (TPSA) is 102 Å². The first kappa shape index (κ1) is 19.9. The van der Waals surface area contributed by atoms with Crippen LogP contribution in [0.2, 0.25) is 0 Å². The molecule has 150 valence electrons. The molecule has 0 radical (unpaired) electrons. The van der Waals surface area contributed by atoms with Crippen LogP contribution < -0.4 is 19.8 Å². The number of benzene rings is 2. The Hall–Kier alpha value is -3.88. The molecule has 29 heavy (non-hydrogen) atoms. The predicted octanol–water partition coefficient (Wildman–Crippen LogP) is 2.03. The highest BCUT2D eigenvalue weighted by molar-refractivity contribution is 5.87. The molecule has 0 spiro atoms. The summed E-state index contributed by atoms with van der Waals surface area (Å²) in [6.07, 6.45) is 2.72. The summed E-state index contributed by atoms with van der Waals surface area (Å²) in [7, 11) is 4.53. The van der Waals surface area contributed by atoms with Gasteiger partial charge in [0, 0.05) is 17.7 Å². The van der Waals surface area contributed by atoms with E-state index in [0.717, 1.165) is 4.68 Å². The van der Waals surface area contributed by atoms with E-state index in [1.54, 1.807) is 36.4 Å². The minimum absolute atomic E-state index is 0.358. The maximum Gasteiger partial charge on any atom is 0.332 e. The quantitative estimate of drug-likeness (QED) is 0.441. The lowest BCUT2D eigenvalue weighted by Crippen LogP contribution is -2.26. The lowest BCUT2D eigenvalue weighted by Gasteiger charge is -2.12. The van der Waals surface area contributed by atoms with E-state index in [9.17, 15) is 9.59 Å². The van der Waals surface area contributed by atoms with E-state index in [1.165, 1.54) is 33.5 Å². The second-order valence-electron chi connectivity index (χ2n) is 5.79. The zero-order valence-electron chi connectivity index (χ0n) is 16.1. The number of hydrogen-bond acceptors (Lipinski definition) is 8. The molecule has 0 saturated heterocycles. The molecule has 2 aromatic carbocycles. The van der Waals surface area contributed by atoms with Gasteiger partial charge in [-0.1, -0.05) is 17.3 Å². The van der Waals surface area contributed by atoms with Crippen LogP contribution in [0.25, 0.3) is 17.0 Å². The summed E-state index contributed by atoms with van der Waals surface area (Å²) < 4.78 is 21.8. The van der Waals surface area contributed by atoms with Crippen molar-refractivity contribution in [3.8, 4) is 17.2 Å². The smallest absolute Gasteiger partial charge is 0.332 e. The van der Waals surface area contributed by atoms with Crippen molar-refractivity contribution in [2.75, 3.05) is 21.3 Å². The summed E-state index contributed by atoms with van der Waals surface area (Å²) in [5, 5.41) is 8.09. The molecule has 1 heterocycles. The van der Waals surface area contributed by atoms with E-state index in [-0.39, 0.29) is 6.73 Å². The summed E-state index contributed by atoms with van der Waals surface area (Å²) in [5.74, 6) is 0.810. The Labute approximate surface area is 166 Å². The Bertz CT molecular complexity index is 1120. The van der Waals surface area contributed by atoms with Gasteiger partial charge < -0.3 is 18.9 Å². The van der Waals surface area contributed by atoms with Crippen molar-refractivity contribution in [1.82, 2.24) is 15.0 Å². The molecule has 0 aliphatic rings. The van der Waals surface area contributed by atoms with Gasteiger partial charge in [0.25, 0.3) is 5.56 Å². The number of rotatable bonds is 7. The third-order valence-electron chi connectivity index (χ3n) is 4.09. The van der Waals surface area contributed by atoms with Gasteiger partial charge in [-0.3, -0.25) is 4.79 Å². The highest BCUT2D eigenvalue weighted by Crippen LogP contribution is 2.35. The highest BCUT2D eigenvalue weighted by atomic mass is 16.5. The van der Waals surface area contributed by atoms with Crippen molar-refractivity contribution >= 4 is 22.9 Å². The second kappa shape index (κ2) is 8.87. The minimum Gasteiger partial charge on any atom is -0.496 e. The van der Waals surface area contributed by atoms with Crippen LogP contribution in [0.4, 0.5) is 0 Å². The molecule has 0 aliphatic carbocycles. The van der Waals surface area contributed by atoms with E-state index in [2.05, 4.69) is 10.3 Å². The molecule has 0 atom stereocenters. The third kappa shape index (κ3) is 4.34. The summed E-state index contributed by atoms with van der Waals surface area (Å²) in [6.45, 7) is -0.358. The second-order valence-corrected chi connectivity index (χ2v) is 5.79. The number of ether oxygens (including phenoxy) is 4. The first-order valence-electron chi connectivity index (χ1n) is 8.54. The molecule has 0 fully saturated rings. The zero-order valence-corrected chi connectivity index (χ0v) is 16.1. The van der Waals surface area contributed by atoms with Crippen LogP contribution >= 0.6 is 0 Å². The van der Waals surface area contributed by atoms with Gasteiger partial charge in [-0.15, -0.1) is 5.10 Å². The summed E-state index contributed by atoms with van der Waals surface area (Å²) >= 11 is 0. The molecule has 0 unspecified atom stereocenters. The number of carbonyl (C=O) groups is 1. The average Bonchev–Trinajstić information content (AvgIpc) is 2.76. The number of fused-ring (bicyclic) bond motifs is 1. The van der Waals surface area contributed by atoms with Gasteiger partial charge in [-0.2, -0.15) is 4.68 Å². The van der Waals surface area contributed by atoms with E-state index in [0.29, 0.717) is 33.7 Å². The van der Waals surface area contributed by atoms with Crippen molar-refractivity contribution in [3.05, 3.63) is 58.4 Å². The molecule has 0 saturated carbocycles. The van der Waals surface area contributed by atoms with Crippen molar-refractivity contribution in [1.29, 1.82) is 0 Å². The van der Waals surface area contributed by atoms with E-state index in [4.69, 9.17) is 18.9 Å². The lowest BCUT2D eigenvalue weighted by molar-refractivity contribution is -0.141. The molecule has 1 aromatic heterocycles. The van der Waals surface area contributed by atoms with Crippen molar-refractivity contribution in [2.24, 2.45) is 0 Å². The van der Waals surface area contributed by atoms with Gasteiger partial charge in [0.2, 0.25) is 0 Å². The van der Waals surface area contributed by atoms with E-state index >= 15 is 0 Å². The first-order chi connectivity index (χ1) is 14.1. The van der Waals surface area contributed by atoms with Crippen LogP contribution in [-0.2, 0) is 16.3 Å². The largest absolute Gasteiger partial charge is 0.496 e. The number of hydrogen-bond donors (Lipinski definition) is 0. The molecule has 3 aromatic rings. The maximum atomic E-state index is 12.3. The molecule has 3 rings (SSSR count). The van der Waals surface area contributed by atoms with Crippen LogP contribution in [0.1, 0.15) is 5.56 Å². The van der Waals surface area contributed by atoms with E-state index < -0.39 is 11.5 Å². The Morgan fingerprint density at radius 2 is 1.72 bits per heavy atom. The predicted molar refractivity (Wildman–Crippen MR) is 105 cm³/mol. The van der Waals surface area contributed by atoms with Gasteiger partial charge in [0.05, 0.1) is 26.7 Å². The van der Waals surface area contributed by atoms with Gasteiger partial charge >= 0.3 is 5.97 Å². The summed E-state index contributed by atoms with van der Waals surface area (Å²) in [6, 6.07) is 10.1. The molecule has 9 heteroatoms. The third-order valence-corrected chi connectivity index (χ3v) is 4.09. The molecule has 0 aliphatic heterocycles. The maximum absolute atomic E-state index is 12.3. The Balaban J connectivity index is 1.74. The number of nitrogens with zero attached hydrogens (tertiary/aromatic N) is 3. The fourth-order valence-corrected chi connectivity index (χ4v) is 2.62. The fraction of sp³-hybridized carbons (Fsp3) is 0.200. The SMILES string of the molecule is COc1cc(OC)c(OC)cc1/C=C/C(=O)OCn1nnc2ccccc2c1=O. The Kier molecular flexibility index (Phi) is 6.08. The molecule has 0 amide bonds. The van der Waals surface area contributed by atoms with Crippen molar-refractivity contribution in [2.45, 2.75) is 6.73 Å². The molecule has 0 bridgehead atoms. The van der Waals surface area contributed by atoms with Crippen LogP contribution in [0.15, 0.2) is 47.3 Å². The van der Waals surface area contributed by atoms with E-state index in [1.807, 2.05) is 0 Å². The van der Waals surface area contributed by atoms with Crippen LogP contribution in [-0.4, -0.2) is 42.3 Å². The molecule has 0 N–H and O–H groups in total. The number of methoxy groups -OCH3 is 3. The monoisotopic (exact) mass is 397 g/mol. The molecular formula is C20H19N3O6. The van der Waals surface area contributed by atoms with Gasteiger partial charge in [0.15, 0.2) is 18.2 Å². The zero-order chi connectivity index (χ0) is 20.8. The first-order valence-corrected chi connectivity index (χ1v) is 8.54. The summed E-state index contributed by atoms with van der Waals surface area (Å²) in [5.41, 5.74) is 0.666. The summed E-state index contributed by atoms with van der Waals surface area (Å²) in [4.78, 5) is 24.4. The van der Waals surface area contributed by atoms with Gasteiger partial charge in [0.1, 0.15) is 11.3 Å². The number of carbonyl (C=O) groups excluding carboxylic acids is 1. The van der Waals surface area contributed by atoms with Crippen molar-refractivity contribution < 1.29 is 23.7 Å². The van der Waals surface area contributed by atoms with Gasteiger partial charge in [-0.05, 0) is 24.3 Å². The van der Waals surface area contributed by atoms with Gasteiger partial charge in [-0.25, -0.2) is 4.79 Å². The average molecular weight is 397 g/mol. The van der Waals surface area contributed by atoms with Crippen LogP contribution in [0, 0.1) is 0 Å². The minimum atomic E-state index is -0.663. The standard InChI is InChI=1S/C20H19N3O6/c1-26-16-11-18(28-3)17(27-2)10-13(16)8-9-19(24)29-12-23-20(25)14-6-4-5-7-15(14)21-22-23/h4-11H,12H2,1-3H3/b9-8+. The normalized spacial score (nSPS) is 10.9. The van der Waals surface area contributed by atoms with Crippen LogP contribution in [0.5, 0.6) is 17.2 Å². The number of esters is 1.